The number of hydrogen-bond donors (Lipinski definition) is 1. The van der Waals surface area contributed by atoms with E-state index in [-0.39, 0.29) is 12.5 Å². The molecule has 0 saturated carbocycles. The van der Waals surface area contributed by atoms with Crippen molar-refractivity contribution in [2.75, 3.05) is 25.5 Å². The molecule has 0 unspecified atom stereocenters. The van der Waals surface area contributed by atoms with E-state index in [0.717, 1.165) is 13.0 Å². The van der Waals surface area contributed by atoms with Crippen LogP contribution in [0.25, 0.3) is 0 Å². The summed E-state index contributed by atoms with van der Waals surface area (Å²) >= 11 is 5.94. The van der Waals surface area contributed by atoms with Crippen LogP contribution in [0.1, 0.15) is 12.8 Å². The standard InChI is InChI=1S/C13H16ClN3O/c1-17(9-5-4-8-15)10-13(18)16-12-7-3-2-6-11(12)14/h2-3,6-7H,4-5,9-10H2,1H3,(H,16,18). The third-order valence-electron chi connectivity index (χ3n) is 2.39. The van der Waals surface area contributed by atoms with Gasteiger partial charge in [-0.15, -0.1) is 0 Å². The normalized spacial score (nSPS) is 10.1. The Balaban J connectivity index is 2.38. The molecule has 1 rings (SSSR count). The van der Waals surface area contributed by atoms with Crippen molar-refractivity contribution in [3.05, 3.63) is 29.3 Å². The third-order valence-corrected chi connectivity index (χ3v) is 2.72. The summed E-state index contributed by atoms with van der Waals surface area (Å²) in [6, 6.07) is 9.20. The molecule has 1 aromatic carbocycles. The highest BCUT2D eigenvalue weighted by Crippen LogP contribution is 2.20. The maximum atomic E-state index is 11.7. The Morgan fingerprint density at radius 2 is 2.22 bits per heavy atom. The second kappa shape index (κ2) is 7.70. The topological polar surface area (TPSA) is 56.1 Å². The van der Waals surface area contributed by atoms with Gasteiger partial charge in [0.1, 0.15) is 0 Å². The molecule has 0 aliphatic heterocycles. The third kappa shape index (κ3) is 5.17. The van der Waals surface area contributed by atoms with Crippen LogP contribution in [-0.4, -0.2) is 30.9 Å². The van der Waals surface area contributed by atoms with Crippen molar-refractivity contribution in [3.63, 3.8) is 0 Å². The first-order valence-corrected chi connectivity index (χ1v) is 6.11. The predicted molar refractivity (Wildman–Crippen MR) is 72.4 cm³/mol. The Morgan fingerprint density at radius 3 is 2.89 bits per heavy atom. The molecule has 0 fully saturated rings. The summed E-state index contributed by atoms with van der Waals surface area (Å²) in [7, 11) is 1.85. The number of amides is 1. The fraction of sp³-hybridized carbons (Fsp3) is 0.385. The van der Waals surface area contributed by atoms with Crippen molar-refractivity contribution in [2.24, 2.45) is 0 Å². The maximum absolute atomic E-state index is 11.7. The summed E-state index contributed by atoms with van der Waals surface area (Å²) in [5.74, 6) is -0.109. The molecule has 5 heteroatoms. The molecule has 18 heavy (non-hydrogen) atoms. The van der Waals surface area contributed by atoms with Gasteiger partial charge >= 0.3 is 0 Å². The Bertz CT molecular complexity index is 442. The zero-order chi connectivity index (χ0) is 13.4. The highest BCUT2D eigenvalue weighted by Gasteiger charge is 2.08. The number of anilines is 1. The van der Waals surface area contributed by atoms with E-state index in [2.05, 4.69) is 11.4 Å². The molecule has 96 valence electrons. The van der Waals surface area contributed by atoms with E-state index in [9.17, 15) is 4.79 Å². The number of benzene rings is 1. The van der Waals surface area contributed by atoms with Gasteiger partial charge in [-0.05, 0) is 32.1 Å². The minimum absolute atomic E-state index is 0.109. The first kappa shape index (κ1) is 14.5. The number of likely N-dealkylation sites (N-methyl/N-ethyl adjacent to an activating group) is 1. The Labute approximate surface area is 112 Å². The molecular formula is C13H16ClN3O. The molecule has 0 aliphatic carbocycles. The van der Waals surface area contributed by atoms with Crippen LogP contribution < -0.4 is 5.32 Å². The number of nitriles is 1. The van der Waals surface area contributed by atoms with Gasteiger partial charge in [-0.25, -0.2) is 0 Å². The first-order chi connectivity index (χ1) is 8.63. The van der Waals surface area contributed by atoms with Gasteiger partial charge in [0.2, 0.25) is 5.91 Å². The minimum Gasteiger partial charge on any atom is -0.324 e. The number of halogens is 1. The van der Waals surface area contributed by atoms with Gasteiger partial charge in [0, 0.05) is 6.42 Å². The highest BCUT2D eigenvalue weighted by atomic mass is 35.5. The van der Waals surface area contributed by atoms with E-state index in [1.807, 2.05) is 24.1 Å². The minimum atomic E-state index is -0.109. The zero-order valence-corrected chi connectivity index (χ0v) is 11.1. The Morgan fingerprint density at radius 1 is 1.50 bits per heavy atom. The number of carbonyl (C=O) groups excluding carboxylic acids is 1. The molecule has 0 atom stereocenters. The van der Waals surface area contributed by atoms with E-state index in [4.69, 9.17) is 16.9 Å². The maximum Gasteiger partial charge on any atom is 0.238 e. The summed E-state index contributed by atoms with van der Waals surface area (Å²) in [5.41, 5.74) is 0.620. The molecule has 0 heterocycles. The molecule has 0 aromatic heterocycles. The van der Waals surface area contributed by atoms with E-state index in [1.165, 1.54) is 0 Å². The van der Waals surface area contributed by atoms with Crippen LogP contribution in [0.4, 0.5) is 5.69 Å². The molecule has 1 N–H and O–H groups in total. The SMILES string of the molecule is CN(CCCC#N)CC(=O)Nc1ccccc1Cl. The molecular weight excluding hydrogens is 250 g/mol. The van der Waals surface area contributed by atoms with Crippen LogP contribution in [0.2, 0.25) is 5.02 Å². The van der Waals surface area contributed by atoms with Crippen molar-refractivity contribution >= 4 is 23.2 Å². The van der Waals surface area contributed by atoms with Gasteiger partial charge in [0.25, 0.3) is 0 Å². The van der Waals surface area contributed by atoms with Crippen molar-refractivity contribution < 1.29 is 4.79 Å². The van der Waals surface area contributed by atoms with Gasteiger partial charge in [0.15, 0.2) is 0 Å². The number of carbonyl (C=O) groups is 1. The first-order valence-electron chi connectivity index (χ1n) is 5.73. The highest BCUT2D eigenvalue weighted by molar-refractivity contribution is 6.33. The second-order valence-electron chi connectivity index (χ2n) is 4.03. The fourth-order valence-corrected chi connectivity index (χ4v) is 1.69. The number of nitrogens with zero attached hydrogens (tertiary/aromatic N) is 2. The molecule has 0 radical (unpaired) electrons. The lowest BCUT2D eigenvalue weighted by atomic mass is 10.3. The molecule has 0 spiro atoms. The lowest BCUT2D eigenvalue weighted by Crippen LogP contribution is -2.30. The summed E-state index contributed by atoms with van der Waals surface area (Å²) in [5, 5.41) is 11.7. The van der Waals surface area contributed by atoms with Crippen LogP contribution in [0.15, 0.2) is 24.3 Å². The lowest BCUT2D eigenvalue weighted by Gasteiger charge is -2.15. The number of nitrogens with one attached hydrogen (secondary N) is 1. The van der Waals surface area contributed by atoms with Crippen LogP contribution in [0.3, 0.4) is 0 Å². The van der Waals surface area contributed by atoms with E-state index in [1.54, 1.807) is 12.1 Å². The number of rotatable bonds is 6. The summed E-state index contributed by atoms with van der Waals surface area (Å²) in [4.78, 5) is 13.6. The van der Waals surface area contributed by atoms with E-state index >= 15 is 0 Å². The van der Waals surface area contributed by atoms with Gasteiger partial charge in [0.05, 0.1) is 23.3 Å². The van der Waals surface area contributed by atoms with Crippen molar-refractivity contribution in [1.82, 2.24) is 4.90 Å². The lowest BCUT2D eigenvalue weighted by molar-refractivity contribution is -0.117. The molecule has 1 aromatic rings. The number of para-hydroxylation sites is 1. The van der Waals surface area contributed by atoms with E-state index in [0.29, 0.717) is 17.1 Å². The van der Waals surface area contributed by atoms with Crippen LogP contribution >= 0.6 is 11.6 Å². The molecule has 1 amide bonds. The van der Waals surface area contributed by atoms with Crippen molar-refractivity contribution in [2.45, 2.75) is 12.8 Å². The summed E-state index contributed by atoms with van der Waals surface area (Å²) < 4.78 is 0. The number of unbranched alkanes of at least 4 members (excludes halogenated alkanes) is 1. The van der Waals surface area contributed by atoms with Crippen LogP contribution in [0, 0.1) is 11.3 Å². The molecule has 4 nitrogen and oxygen atoms in total. The van der Waals surface area contributed by atoms with Crippen molar-refractivity contribution in [3.8, 4) is 6.07 Å². The number of hydrogen-bond acceptors (Lipinski definition) is 3. The Hall–Kier alpha value is -1.57. The Kier molecular flexibility index (Phi) is 6.20. The zero-order valence-electron chi connectivity index (χ0n) is 10.3. The average Bonchev–Trinajstić information content (AvgIpc) is 2.32. The quantitative estimate of drug-likeness (QED) is 0.804. The summed E-state index contributed by atoms with van der Waals surface area (Å²) in [6.45, 7) is 1.01. The predicted octanol–water partition coefficient (Wildman–Crippen LogP) is 2.51. The second-order valence-corrected chi connectivity index (χ2v) is 4.43. The molecule has 0 aliphatic rings. The fourth-order valence-electron chi connectivity index (χ4n) is 1.50. The van der Waals surface area contributed by atoms with Gasteiger partial charge in [-0.3, -0.25) is 9.69 Å². The monoisotopic (exact) mass is 265 g/mol. The van der Waals surface area contributed by atoms with Gasteiger partial charge < -0.3 is 5.32 Å². The van der Waals surface area contributed by atoms with E-state index < -0.39 is 0 Å². The van der Waals surface area contributed by atoms with Gasteiger partial charge in [-0.1, -0.05) is 23.7 Å². The van der Waals surface area contributed by atoms with Gasteiger partial charge in [-0.2, -0.15) is 5.26 Å². The summed E-state index contributed by atoms with van der Waals surface area (Å²) in [6.07, 6.45) is 1.28. The molecule has 0 bridgehead atoms. The van der Waals surface area contributed by atoms with Crippen LogP contribution in [-0.2, 0) is 4.79 Å². The average molecular weight is 266 g/mol. The smallest absolute Gasteiger partial charge is 0.238 e. The van der Waals surface area contributed by atoms with Crippen LogP contribution in [0.5, 0.6) is 0 Å². The molecule has 0 saturated heterocycles. The van der Waals surface area contributed by atoms with Crippen molar-refractivity contribution in [1.29, 1.82) is 5.26 Å². The largest absolute Gasteiger partial charge is 0.324 e.